The molecule has 1 aromatic carbocycles. The Bertz CT molecular complexity index is 1020. The van der Waals surface area contributed by atoms with Gasteiger partial charge in [0.15, 0.2) is 5.76 Å². The molecule has 7 nitrogen and oxygen atoms in total. The smallest absolute Gasteiger partial charge is 0.273 e. The summed E-state index contributed by atoms with van der Waals surface area (Å²) in [6.07, 6.45) is 0.763. The molecule has 1 atom stereocenters. The van der Waals surface area contributed by atoms with E-state index in [1.165, 1.54) is 6.07 Å². The molecule has 4 rings (SSSR count). The lowest BCUT2D eigenvalue weighted by atomic mass is 9.97. The number of hydrogen-bond acceptors (Lipinski definition) is 6. The second-order valence-electron chi connectivity index (χ2n) is 6.29. The molecule has 0 spiro atoms. The highest BCUT2D eigenvalue weighted by molar-refractivity contribution is 7.89. The topological polar surface area (TPSA) is 94.6 Å². The third-order valence-corrected chi connectivity index (χ3v) is 5.53. The van der Waals surface area contributed by atoms with Gasteiger partial charge >= 0.3 is 0 Å². The summed E-state index contributed by atoms with van der Waals surface area (Å²) in [6.45, 7) is 2.52. The molecule has 1 N–H and O–H groups in total. The van der Waals surface area contributed by atoms with Gasteiger partial charge in [-0.2, -0.15) is 0 Å². The molecule has 0 amide bonds. The van der Waals surface area contributed by atoms with E-state index < -0.39 is 10.0 Å². The van der Waals surface area contributed by atoms with Crippen LogP contribution < -0.4 is 9.46 Å². The number of furan rings is 1. The highest BCUT2D eigenvalue weighted by atomic mass is 32.2. The van der Waals surface area contributed by atoms with Gasteiger partial charge in [-0.05, 0) is 37.1 Å². The van der Waals surface area contributed by atoms with Gasteiger partial charge in [0.2, 0.25) is 10.9 Å². The van der Waals surface area contributed by atoms with E-state index in [2.05, 4.69) is 9.88 Å². The van der Waals surface area contributed by atoms with Crippen LogP contribution >= 0.6 is 0 Å². The number of rotatable bonds is 5. The maximum atomic E-state index is 12.5. The van der Waals surface area contributed by atoms with E-state index in [0.717, 1.165) is 17.7 Å². The average molecular weight is 374 g/mol. The number of fused-ring (bicyclic) bond motifs is 1. The number of nitrogens with zero attached hydrogens (tertiary/aromatic N) is 1. The zero-order valence-electron chi connectivity index (χ0n) is 14.1. The Morgan fingerprint density at radius 1 is 1.19 bits per heavy atom. The number of aryl methyl sites for hydroxylation is 1. The van der Waals surface area contributed by atoms with E-state index in [4.69, 9.17) is 13.7 Å². The highest BCUT2D eigenvalue weighted by Crippen LogP contribution is 2.27. The maximum Gasteiger partial charge on any atom is 0.273 e. The van der Waals surface area contributed by atoms with Gasteiger partial charge in [0, 0.05) is 18.5 Å². The Balaban J connectivity index is 1.43. The summed E-state index contributed by atoms with van der Waals surface area (Å²) in [5.74, 6) is 1.64. The van der Waals surface area contributed by atoms with Gasteiger partial charge in [-0.25, -0.2) is 13.1 Å². The number of hydrogen-bond donors (Lipinski definition) is 1. The molecule has 0 aliphatic carbocycles. The average Bonchev–Trinajstić information content (AvgIpc) is 3.29. The number of ether oxygens (including phenoxy) is 1. The highest BCUT2D eigenvalue weighted by Gasteiger charge is 2.24. The largest absolute Gasteiger partial charge is 0.493 e. The van der Waals surface area contributed by atoms with E-state index in [0.29, 0.717) is 23.8 Å². The van der Waals surface area contributed by atoms with Crippen molar-refractivity contribution in [1.82, 2.24) is 9.88 Å². The lowest BCUT2D eigenvalue weighted by Crippen LogP contribution is -2.34. The van der Waals surface area contributed by atoms with Crippen molar-refractivity contribution in [3.8, 4) is 17.3 Å². The third-order valence-electron chi connectivity index (χ3n) is 4.23. The molecule has 0 unspecified atom stereocenters. The van der Waals surface area contributed by atoms with Gasteiger partial charge in [-0.3, -0.25) is 0 Å². The second kappa shape index (κ2) is 6.62. The van der Waals surface area contributed by atoms with Crippen molar-refractivity contribution in [2.75, 3.05) is 13.2 Å². The first kappa shape index (κ1) is 16.9. The Labute approximate surface area is 151 Å². The first-order valence-corrected chi connectivity index (χ1v) is 9.73. The molecule has 8 heteroatoms. The standard InChI is InChI=1S/C18H18N2O5S/c1-12-8-17(25-20-12)16-6-7-18(24-16)26(21,22)19-10-13-9-14-4-2-3-5-15(14)23-11-13/h2-8,13,19H,9-11H2,1H3/t13-/m0/s1. The number of nitrogens with one attached hydrogen (secondary N) is 1. The van der Waals surface area contributed by atoms with Crippen molar-refractivity contribution in [2.24, 2.45) is 5.92 Å². The lowest BCUT2D eigenvalue weighted by Gasteiger charge is -2.25. The zero-order valence-corrected chi connectivity index (χ0v) is 15.0. The first-order chi connectivity index (χ1) is 12.5. The molecule has 0 saturated carbocycles. The lowest BCUT2D eigenvalue weighted by molar-refractivity contribution is 0.223. The maximum absolute atomic E-state index is 12.5. The summed E-state index contributed by atoms with van der Waals surface area (Å²) in [7, 11) is -3.75. The van der Waals surface area contributed by atoms with Crippen LogP contribution in [0.3, 0.4) is 0 Å². The Morgan fingerprint density at radius 2 is 2.04 bits per heavy atom. The van der Waals surface area contributed by atoms with Crippen LogP contribution in [0.15, 0.2) is 56.5 Å². The van der Waals surface area contributed by atoms with Crippen molar-refractivity contribution in [2.45, 2.75) is 18.4 Å². The molecule has 3 heterocycles. The third kappa shape index (κ3) is 3.38. The number of para-hydroxylation sites is 1. The van der Waals surface area contributed by atoms with Crippen molar-refractivity contribution in [3.05, 3.63) is 53.7 Å². The molecule has 1 aliphatic heterocycles. The summed E-state index contributed by atoms with van der Waals surface area (Å²) in [5.41, 5.74) is 1.78. The first-order valence-electron chi connectivity index (χ1n) is 8.25. The summed E-state index contributed by atoms with van der Waals surface area (Å²) in [4.78, 5) is 0. The molecule has 0 fully saturated rings. The number of aromatic nitrogens is 1. The molecular formula is C18H18N2O5S. The van der Waals surface area contributed by atoms with Crippen LogP contribution in [0, 0.1) is 12.8 Å². The van der Waals surface area contributed by atoms with Crippen molar-refractivity contribution >= 4 is 10.0 Å². The zero-order chi connectivity index (χ0) is 18.1. The Kier molecular flexibility index (Phi) is 4.29. The van der Waals surface area contributed by atoms with E-state index >= 15 is 0 Å². The molecule has 0 bridgehead atoms. The van der Waals surface area contributed by atoms with Crippen LogP contribution in [0.25, 0.3) is 11.5 Å². The van der Waals surface area contributed by atoms with Gasteiger partial charge in [-0.15, -0.1) is 0 Å². The second-order valence-corrected chi connectivity index (χ2v) is 7.99. The molecule has 0 saturated heterocycles. The van der Waals surface area contributed by atoms with Crippen LogP contribution in [-0.4, -0.2) is 26.7 Å². The number of sulfonamides is 1. The van der Waals surface area contributed by atoms with Crippen LogP contribution in [0.2, 0.25) is 0 Å². The number of benzene rings is 1. The molecule has 136 valence electrons. The fourth-order valence-electron chi connectivity index (χ4n) is 2.90. The molecule has 1 aliphatic rings. The predicted molar refractivity (Wildman–Crippen MR) is 93.3 cm³/mol. The Hall–Kier alpha value is -2.58. The van der Waals surface area contributed by atoms with Gasteiger partial charge in [0.1, 0.15) is 5.75 Å². The normalized spacial score (nSPS) is 16.9. The van der Waals surface area contributed by atoms with E-state index in [9.17, 15) is 8.42 Å². The summed E-state index contributed by atoms with van der Waals surface area (Å²) < 4.78 is 43.8. The molecule has 0 radical (unpaired) electrons. The van der Waals surface area contributed by atoms with Gasteiger partial charge in [0.05, 0.1) is 12.3 Å². The minimum absolute atomic E-state index is 0.0611. The van der Waals surface area contributed by atoms with Gasteiger partial charge in [-0.1, -0.05) is 23.4 Å². The van der Waals surface area contributed by atoms with Gasteiger partial charge < -0.3 is 13.7 Å². The van der Waals surface area contributed by atoms with Crippen molar-refractivity contribution in [3.63, 3.8) is 0 Å². The SMILES string of the molecule is Cc1cc(-c2ccc(S(=O)(=O)NC[C@H]3COc4ccccc4C3)o2)on1. The quantitative estimate of drug-likeness (QED) is 0.738. The van der Waals surface area contributed by atoms with Crippen LogP contribution in [0.5, 0.6) is 5.75 Å². The fourth-order valence-corrected chi connectivity index (χ4v) is 3.94. The van der Waals surface area contributed by atoms with Crippen LogP contribution in [0.1, 0.15) is 11.3 Å². The van der Waals surface area contributed by atoms with E-state index in [1.54, 1.807) is 19.1 Å². The summed E-state index contributed by atoms with van der Waals surface area (Å²) >= 11 is 0. The van der Waals surface area contributed by atoms with Crippen LogP contribution in [0.4, 0.5) is 0 Å². The minimum atomic E-state index is -3.75. The molecular weight excluding hydrogens is 356 g/mol. The van der Waals surface area contributed by atoms with E-state index in [1.807, 2.05) is 24.3 Å². The van der Waals surface area contributed by atoms with Crippen molar-refractivity contribution in [1.29, 1.82) is 0 Å². The van der Waals surface area contributed by atoms with Crippen LogP contribution in [-0.2, 0) is 16.4 Å². The van der Waals surface area contributed by atoms with Crippen molar-refractivity contribution < 1.29 is 22.1 Å². The summed E-state index contributed by atoms with van der Waals surface area (Å²) in [5, 5.41) is 3.61. The minimum Gasteiger partial charge on any atom is -0.493 e. The van der Waals surface area contributed by atoms with E-state index in [-0.39, 0.29) is 17.6 Å². The molecule has 2 aromatic heterocycles. The Morgan fingerprint density at radius 3 is 2.85 bits per heavy atom. The monoisotopic (exact) mass is 374 g/mol. The fraction of sp³-hybridized carbons (Fsp3) is 0.278. The van der Waals surface area contributed by atoms with Gasteiger partial charge in [0.25, 0.3) is 10.0 Å². The molecule has 3 aromatic rings. The summed E-state index contributed by atoms with van der Waals surface area (Å²) in [6, 6.07) is 12.4. The predicted octanol–water partition coefficient (Wildman–Crippen LogP) is 2.77. The molecule has 26 heavy (non-hydrogen) atoms.